The second-order valence-corrected chi connectivity index (χ2v) is 2.38. The topological polar surface area (TPSA) is 29.4 Å². The Bertz CT molecular complexity index is 260. The Labute approximate surface area is 63.8 Å². The minimum Gasteiger partial charge on any atom is -0.145 e. The van der Waals surface area contributed by atoms with Crippen LogP contribution in [0.2, 0.25) is 5.02 Å². The molecule has 0 unspecified atom stereocenters. The van der Waals surface area contributed by atoms with Crippen LogP contribution in [0.3, 0.4) is 0 Å². The second-order valence-electron chi connectivity index (χ2n) is 2.00. The molecule has 0 N–H and O–H groups in total. The van der Waals surface area contributed by atoms with Crippen molar-refractivity contribution in [3.05, 3.63) is 33.7 Å². The van der Waals surface area contributed by atoms with Crippen LogP contribution in [0.5, 0.6) is 0 Å². The van der Waals surface area contributed by atoms with Gasteiger partial charge in [-0.05, 0) is 23.7 Å². The summed E-state index contributed by atoms with van der Waals surface area (Å²) in [5.41, 5.74) is 1.18. The summed E-state index contributed by atoms with van der Waals surface area (Å²) in [6, 6.07) is 5.16. The first-order valence-corrected chi connectivity index (χ1v) is 3.22. The molecule has 0 aliphatic carbocycles. The lowest BCUT2D eigenvalue weighted by atomic mass is 10.2. The van der Waals surface area contributed by atoms with Crippen molar-refractivity contribution in [2.24, 2.45) is 5.18 Å². The molecule has 3 heteroatoms. The molecule has 0 aliphatic rings. The predicted octanol–water partition coefficient (Wildman–Crippen LogP) is 3.05. The minimum absolute atomic E-state index is 0.307. The molecule has 0 radical (unpaired) electrons. The van der Waals surface area contributed by atoms with Gasteiger partial charge in [-0.15, -0.1) is 4.91 Å². The van der Waals surface area contributed by atoms with E-state index in [9.17, 15) is 4.91 Å². The monoisotopic (exact) mass is 155 g/mol. The smallest absolute Gasteiger partial charge is 0.126 e. The number of aryl methyl sites for hydroxylation is 1. The number of hydrogen-bond donors (Lipinski definition) is 0. The van der Waals surface area contributed by atoms with Crippen molar-refractivity contribution in [3.63, 3.8) is 0 Å². The van der Waals surface area contributed by atoms with Gasteiger partial charge in [-0.1, -0.05) is 23.7 Å². The third-order valence-electron chi connectivity index (χ3n) is 1.27. The summed E-state index contributed by atoms with van der Waals surface area (Å²) in [5.74, 6) is 0. The summed E-state index contributed by atoms with van der Waals surface area (Å²) in [4.78, 5) is 10.0. The van der Waals surface area contributed by atoms with Crippen LogP contribution in [0.4, 0.5) is 5.69 Å². The van der Waals surface area contributed by atoms with E-state index in [2.05, 4.69) is 5.18 Å². The molecule has 0 bridgehead atoms. The van der Waals surface area contributed by atoms with Gasteiger partial charge in [0, 0.05) is 0 Å². The van der Waals surface area contributed by atoms with E-state index in [4.69, 9.17) is 11.6 Å². The summed E-state index contributed by atoms with van der Waals surface area (Å²) < 4.78 is 0. The maximum Gasteiger partial charge on any atom is 0.126 e. The quantitative estimate of drug-likeness (QED) is 0.573. The first-order chi connectivity index (χ1) is 4.75. The van der Waals surface area contributed by atoms with Gasteiger partial charge in [0.1, 0.15) is 5.69 Å². The Kier molecular flexibility index (Phi) is 2.02. The Morgan fingerprint density at radius 3 is 2.70 bits per heavy atom. The van der Waals surface area contributed by atoms with Crippen molar-refractivity contribution in [2.45, 2.75) is 6.92 Å². The Morgan fingerprint density at radius 2 is 2.20 bits per heavy atom. The first kappa shape index (κ1) is 7.22. The minimum atomic E-state index is 0.307. The van der Waals surface area contributed by atoms with Gasteiger partial charge < -0.3 is 0 Å². The predicted molar refractivity (Wildman–Crippen MR) is 41.6 cm³/mol. The molecule has 0 fully saturated rings. The van der Waals surface area contributed by atoms with Crippen LogP contribution in [0.15, 0.2) is 23.4 Å². The van der Waals surface area contributed by atoms with Crippen molar-refractivity contribution in [1.82, 2.24) is 0 Å². The van der Waals surface area contributed by atoms with Crippen molar-refractivity contribution in [3.8, 4) is 0 Å². The molecule has 0 heterocycles. The van der Waals surface area contributed by atoms with Gasteiger partial charge in [0.2, 0.25) is 0 Å². The largest absolute Gasteiger partial charge is 0.145 e. The van der Waals surface area contributed by atoms with Gasteiger partial charge in [0.25, 0.3) is 0 Å². The average Bonchev–Trinajstić information content (AvgIpc) is 1.95. The van der Waals surface area contributed by atoms with E-state index in [1.54, 1.807) is 12.1 Å². The number of hydrogen-bond acceptors (Lipinski definition) is 2. The van der Waals surface area contributed by atoms with Crippen LogP contribution in [0.1, 0.15) is 5.56 Å². The molecule has 52 valence electrons. The molecule has 1 aromatic carbocycles. The molecule has 1 rings (SSSR count). The van der Waals surface area contributed by atoms with E-state index >= 15 is 0 Å². The fourth-order valence-electron chi connectivity index (χ4n) is 0.702. The lowest BCUT2D eigenvalue weighted by Gasteiger charge is -1.96. The van der Waals surface area contributed by atoms with Gasteiger partial charge in [0.05, 0.1) is 5.02 Å². The van der Waals surface area contributed by atoms with Gasteiger partial charge in [0.15, 0.2) is 0 Å². The molecule has 1 aromatic rings. The van der Waals surface area contributed by atoms with Gasteiger partial charge in [-0.2, -0.15) is 0 Å². The number of nitrogens with zero attached hydrogens (tertiary/aromatic N) is 1. The summed E-state index contributed by atoms with van der Waals surface area (Å²) in [7, 11) is 0. The lowest BCUT2D eigenvalue weighted by molar-refractivity contribution is 1.42. The molecule has 0 spiro atoms. The third-order valence-corrected chi connectivity index (χ3v) is 1.76. The van der Waals surface area contributed by atoms with Crippen molar-refractivity contribution in [2.75, 3.05) is 0 Å². The zero-order chi connectivity index (χ0) is 7.56. The maximum absolute atomic E-state index is 10.0. The highest BCUT2D eigenvalue weighted by Gasteiger charge is 2.00. The SMILES string of the molecule is Cc1cccc(N=O)c1Cl. The molecule has 0 atom stereocenters. The Morgan fingerprint density at radius 1 is 1.50 bits per heavy atom. The van der Waals surface area contributed by atoms with E-state index in [0.29, 0.717) is 10.7 Å². The second kappa shape index (κ2) is 2.80. The molecular weight excluding hydrogens is 150 g/mol. The maximum atomic E-state index is 10.0. The Hall–Kier alpha value is -0.890. The summed E-state index contributed by atoms with van der Waals surface area (Å²) in [5, 5.41) is 3.19. The standard InChI is InChI=1S/C7H6ClNO/c1-5-3-2-4-6(9-10)7(5)8/h2-4H,1H3. The first-order valence-electron chi connectivity index (χ1n) is 2.84. The normalized spacial score (nSPS) is 9.40. The van der Waals surface area contributed by atoms with Crippen molar-refractivity contribution < 1.29 is 0 Å². The van der Waals surface area contributed by atoms with E-state index in [-0.39, 0.29) is 0 Å². The molecule has 2 nitrogen and oxygen atoms in total. The van der Waals surface area contributed by atoms with Gasteiger partial charge in [-0.3, -0.25) is 0 Å². The van der Waals surface area contributed by atoms with E-state index in [0.717, 1.165) is 5.56 Å². The average molecular weight is 156 g/mol. The fraction of sp³-hybridized carbons (Fsp3) is 0.143. The van der Waals surface area contributed by atoms with Gasteiger partial charge in [-0.25, -0.2) is 0 Å². The summed E-state index contributed by atoms with van der Waals surface area (Å²) >= 11 is 5.70. The number of benzene rings is 1. The molecule has 0 amide bonds. The molecule has 0 saturated heterocycles. The number of nitroso groups, excluding NO2 is 1. The Balaban J connectivity index is 3.27. The highest BCUT2D eigenvalue weighted by molar-refractivity contribution is 6.33. The zero-order valence-corrected chi connectivity index (χ0v) is 6.22. The van der Waals surface area contributed by atoms with E-state index in [1.807, 2.05) is 13.0 Å². The molecule has 0 saturated carbocycles. The highest BCUT2D eigenvalue weighted by Crippen LogP contribution is 2.26. The van der Waals surface area contributed by atoms with E-state index < -0.39 is 0 Å². The number of rotatable bonds is 1. The molecular formula is C7H6ClNO. The summed E-state index contributed by atoms with van der Waals surface area (Å²) in [6.45, 7) is 1.83. The van der Waals surface area contributed by atoms with E-state index in [1.165, 1.54) is 0 Å². The highest BCUT2D eigenvalue weighted by atomic mass is 35.5. The molecule has 0 aromatic heterocycles. The van der Waals surface area contributed by atoms with Crippen LogP contribution in [-0.2, 0) is 0 Å². The fourth-order valence-corrected chi connectivity index (χ4v) is 0.863. The molecule has 10 heavy (non-hydrogen) atoms. The van der Waals surface area contributed by atoms with Crippen LogP contribution < -0.4 is 0 Å². The molecule has 0 aliphatic heterocycles. The summed E-state index contributed by atoms with van der Waals surface area (Å²) in [6.07, 6.45) is 0. The van der Waals surface area contributed by atoms with Gasteiger partial charge >= 0.3 is 0 Å². The zero-order valence-electron chi connectivity index (χ0n) is 5.47. The van der Waals surface area contributed by atoms with Crippen molar-refractivity contribution in [1.29, 1.82) is 0 Å². The number of halogens is 1. The van der Waals surface area contributed by atoms with Crippen LogP contribution in [0, 0.1) is 11.8 Å². The third kappa shape index (κ3) is 1.16. The van der Waals surface area contributed by atoms with Crippen molar-refractivity contribution >= 4 is 17.3 Å². The van der Waals surface area contributed by atoms with Crippen LogP contribution in [0.25, 0.3) is 0 Å². The van der Waals surface area contributed by atoms with Crippen LogP contribution >= 0.6 is 11.6 Å². The lowest BCUT2D eigenvalue weighted by Crippen LogP contribution is -1.72. The van der Waals surface area contributed by atoms with Crippen LogP contribution in [-0.4, -0.2) is 0 Å².